The van der Waals surface area contributed by atoms with Crippen molar-refractivity contribution in [3.8, 4) is 0 Å². The van der Waals surface area contributed by atoms with Gasteiger partial charge in [-0.25, -0.2) is 4.98 Å². The van der Waals surface area contributed by atoms with Crippen LogP contribution in [0.25, 0.3) is 0 Å². The highest BCUT2D eigenvalue weighted by molar-refractivity contribution is 5.01. The van der Waals surface area contributed by atoms with E-state index in [-0.39, 0.29) is 5.82 Å². The lowest BCUT2D eigenvalue weighted by Crippen LogP contribution is -2.31. The van der Waals surface area contributed by atoms with Gasteiger partial charge in [0.15, 0.2) is 6.04 Å². The van der Waals surface area contributed by atoms with Crippen molar-refractivity contribution >= 4 is 0 Å². The van der Waals surface area contributed by atoms with E-state index < -0.39 is 12.2 Å². The van der Waals surface area contributed by atoms with E-state index in [0.29, 0.717) is 6.54 Å². The molecule has 2 N–H and O–H groups in total. The number of hydrogen-bond acceptors (Lipinski definition) is 2. The minimum absolute atomic E-state index is 0.126. The fourth-order valence-electron chi connectivity index (χ4n) is 1.18. The molecule has 80 valence electrons. The molecule has 0 aliphatic heterocycles. The van der Waals surface area contributed by atoms with Crippen LogP contribution in [-0.2, 0) is 6.54 Å². The number of nitrogens with two attached hydrogens (primary N) is 1. The summed E-state index contributed by atoms with van der Waals surface area (Å²) < 4.78 is 38.2. The van der Waals surface area contributed by atoms with Crippen LogP contribution >= 0.6 is 0 Å². The first-order valence-corrected chi connectivity index (χ1v) is 4.30. The lowest BCUT2D eigenvalue weighted by Gasteiger charge is -2.16. The Morgan fingerprint density at radius 3 is 2.71 bits per heavy atom. The number of alkyl halides is 3. The molecule has 0 radical (unpaired) electrons. The van der Waals surface area contributed by atoms with E-state index in [2.05, 4.69) is 4.98 Å². The molecule has 0 aliphatic rings. The van der Waals surface area contributed by atoms with E-state index in [4.69, 9.17) is 5.73 Å². The monoisotopic (exact) mass is 207 g/mol. The van der Waals surface area contributed by atoms with Gasteiger partial charge in [-0.2, -0.15) is 13.2 Å². The molecule has 14 heavy (non-hydrogen) atoms. The van der Waals surface area contributed by atoms with Crippen molar-refractivity contribution in [2.45, 2.75) is 32.1 Å². The van der Waals surface area contributed by atoms with Crippen LogP contribution in [0.4, 0.5) is 13.2 Å². The number of nitrogens with zero attached hydrogens (tertiary/aromatic N) is 2. The normalized spacial score (nSPS) is 14.4. The van der Waals surface area contributed by atoms with Crippen molar-refractivity contribution in [3.63, 3.8) is 0 Å². The van der Waals surface area contributed by atoms with E-state index in [9.17, 15) is 13.2 Å². The highest BCUT2D eigenvalue weighted by Crippen LogP contribution is 2.29. The van der Waals surface area contributed by atoms with Crippen molar-refractivity contribution < 1.29 is 13.2 Å². The van der Waals surface area contributed by atoms with Gasteiger partial charge in [-0.05, 0) is 6.42 Å². The number of aromatic nitrogens is 2. The summed E-state index contributed by atoms with van der Waals surface area (Å²) in [7, 11) is 0. The van der Waals surface area contributed by atoms with Gasteiger partial charge < -0.3 is 10.3 Å². The zero-order chi connectivity index (χ0) is 10.8. The minimum atomic E-state index is -4.43. The van der Waals surface area contributed by atoms with E-state index in [1.54, 1.807) is 0 Å². The second kappa shape index (κ2) is 4.00. The SMILES string of the molecule is CCCn1ccnc1C(N)C(F)(F)F. The summed E-state index contributed by atoms with van der Waals surface area (Å²) in [6.07, 6.45) is -0.855. The summed E-state index contributed by atoms with van der Waals surface area (Å²) in [6.45, 7) is 2.38. The third-order valence-electron chi connectivity index (χ3n) is 1.84. The number of rotatable bonds is 3. The minimum Gasteiger partial charge on any atom is -0.333 e. The van der Waals surface area contributed by atoms with Crippen molar-refractivity contribution in [1.29, 1.82) is 0 Å². The quantitative estimate of drug-likeness (QED) is 0.822. The van der Waals surface area contributed by atoms with Crippen LogP contribution in [0.2, 0.25) is 0 Å². The first kappa shape index (κ1) is 11.0. The molecule has 0 bridgehead atoms. The van der Waals surface area contributed by atoms with E-state index in [0.717, 1.165) is 6.42 Å². The van der Waals surface area contributed by atoms with Gasteiger partial charge in [-0.15, -0.1) is 0 Å². The third kappa shape index (κ3) is 2.25. The fraction of sp³-hybridized carbons (Fsp3) is 0.625. The molecule has 0 spiro atoms. The molecule has 3 nitrogen and oxygen atoms in total. The third-order valence-corrected chi connectivity index (χ3v) is 1.84. The Morgan fingerprint density at radius 1 is 1.57 bits per heavy atom. The van der Waals surface area contributed by atoms with Gasteiger partial charge in [-0.1, -0.05) is 6.92 Å². The largest absolute Gasteiger partial charge is 0.410 e. The zero-order valence-electron chi connectivity index (χ0n) is 7.75. The van der Waals surface area contributed by atoms with Crippen LogP contribution in [0.3, 0.4) is 0 Å². The fourth-order valence-corrected chi connectivity index (χ4v) is 1.18. The highest BCUT2D eigenvalue weighted by Gasteiger charge is 2.40. The number of halogens is 3. The molecule has 1 heterocycles. The Labute approximate surface area is 79.7 Å². The summed E-state index contributed by atoms with van der Waals surface area (Å²) in [5.41, 5.74) is 5.04. The first-order valence-electron chi connectivity index (χ1n) is 4.30. The molecule has 6 heteroatoms. The lowest BCUT2D eigenvalue weighted by atomic mass is 10.3. The Bertz CT molecular complexity index is 292. The van der Waals surface area contributed by atoms with Crippen molar-refractivity contribution in [3.05, 3.63) is 18.2 Å². The highest BCUT2D eigenvalue weighted by atomic mass is 19.4. The summed E-state index contributed by atoms with van der Waals surface area (Å²) in [4.78, 5) is 3.62. The average molecular weight is 207 g/mol. The van der Waals surface area contributed by atoms with Gasteiger partial charge in [0.1, 0.15) is 5.82 Å². The zero-order valence-corrected chi connectivity index (χ0v) is 7.75. The Balaban J connectivity index is 2.89. The Morgan fingerprint density at radius 2 is 2.21 bits per heavy atom. The van der Waals surface area contributed by atoms with Crippen LogP contribution in [-0.4, -0.2) is 15.7 Å². The summed E-state index contributed by atoms with van der Waals surface area (Å²) in [5, 5.41) is 0. The van der Waals surface area contributed by atoms with Gasteiger partial charge in [0.05, 0.1) is 0 Å². The molecule has 0 aromatic carbocycles. The summed E-state index contributed by atoms with van der Waals surface area (Å²) in [6, 6.07) is -2.00. The molecule has 0 aliphatic carbocycles. The van der Waals surface area contributed by atoms with Crippen LogP contribution in [0.1, 0.15) is 25.2 Å². The number of hydrogen-bond donors (Lipinski definition) is 1. The lowest BCUT2D eigenvalue weighted by molar-refractivity contribution is -0.151. The number of imidazole rings is 1. The second-order valence-electron chi connectivity index (χ2n) is 3.00. The van der Waals surface area contributed by atoms with Crippen LogP contribution in [0.15, 0.2) is 12.4 Å². The summed E-state index contributed by atoms with van der Waals surface area (Å²) in [5.74, 6) is -0.126. The van der Waals surface area contributed by atoms with Gasteiger partial charge in [-0.3, -0.25) is 0 Å². The second-order valence-corrected chi connectivity index (χ2v) is 3.00. The predicted octanol–water partition coefficient (Wildman–Crippen LogP) is 1.86. The molecule has 0 amide bonds. The molecule has 1 aromatic heterocycles. The predicted molar refractivity (Wildman–Crippen MR) is 45.5 cm³/mol. The van der Waals surface area contributed by atoms with Crippen molar-refractivity contribution in [1.82, 2.24) is 9.55 Å². The van der Waals surface area contributed by atoms with E-state index >= 15 is 0 Å². The van der Waals surface area contributed by atoms with Crippen molar-refractivity contribution in [2.24, 2.45) is 5.73 Å². The molecular formula is C8H12F3N3. The van der Waals surface area contributed by atoms with E-state index in [1.807, 2.05) is 6.92 Å². The maximum Gasteiger partial charge on any atom is 0.410 e. The molecule has 1 aromatic rings. The molecule has 0 saturated heterocycles. The molecule has 0 saturated carbocycles. The molecule has 1 atom stereocenters. The molecule has 1 rings (SSSR count). The van der Waals surface area contributed by atoms with Gasteiger partial charge >= 0.3 is 6.18 Å². The van der Waals surface area contributed by atoms with E-state index in [1.165, 1.54) is 17.0 Å². The Hall–Kier alpha value is -1.04. The van der Waals surface area contributed by atoms with Crippen LogP contribution in [0, 0.1) is 0 Å². The van der Waals surface area contributed by atoms with Crippen LogP contribution in [0.5, 0.6) is 0 Å². The smallest absolute Gasteiger partial charge is 0.333 e. The standard InChI is InChI=1S/C8H12F3N3/c1-2-4-14-5-3-13-7(14)6(12)8(9,10)11/h3,5-6H,2,4,12H2,1H3. The van der Waals surface area contributed by atoms with Crippen LogP contribution < -0.4 is 5.73 Å². The number of aryl methyl sites for hydroxylation is 1. The van der Waals surface area contributed by atoms with Gasteiger partial charge in [0.2, 0.25) is 0 Å². The Kier molecular flexibility index (Phi) is 3.15. The molecule has 0 fully saturated rings. The molecule has 1 unspecified atom stereocenters. The van der Waals surface area contributed by atoms with Crippen molar-refractivity contribution in [2.75, 3.05) is 0 Å². The maximum absolute atomic E-state index is 12.3. The topological polar surface area (TPSA) is 43.8 Å². The first-order chi connectivity index (χ1) is 6.46. The summed E-state index contributed by atoms with van der Waals surface area (Å²) >= 11 is 0. The van der Waals surface area contributed by atoms with Gasteiger partial charge in [0, 0.05) is 18.9 Å². The maximum atomic E-state index is 12.3. The molecular weight excluding hydrogens is 195 g/mol. The van der Waals surface area contributed by atoms with Gasteiger partial charge in [0.25, 0.3) is 0 Å². The average Bonchev–Trinajstić information content (AvgIpc) is 2.50.